The fourth-order valence-electron chi connectivity index (χ4n) is 2.64. The highest BCUT2D eigenvalue weighted by molar-refractivity contribution is 9.10. The minimum absolute atomic E-state index is 0.0255. The van der Waals surface area contributed by atoms with Gasteiger partial charge in [-0.25, -0.2) is 0 Å². The molecule has 0 aliphatic heterocycles. The van der Waals surface area contributed by atoms with E-state index in [4.69, 9.17) is 22.1 Å². The first kappa shape index (κ1) is 15.1. The van der Waals surface area contributed by atoms with Crippen molar-refractivity contribution < 1.29 is 4.74 Å². The highest BCUT2D eigenvalue weighted by atomic mass is 79.9. The third-order valence-electron chi connectivity index (χ3n) is 3.94. The summed E-state index contributed by atoms with van der Waals surface area (Å²) in [5, 5.41) is 4.31. The van der Waals surface area contributed by atoms with Crippen LogP contribution in [-0.4, -0.2) is 25.3 Å². The molecule has 1 aliphatic rings. The quantitative estimate of drug-likeness (QED) is 0.871. The fraction of sp³-hybridized carbons (Fsp3) is 0.571. The topological polar surface area (TPSA) is 47.3 Å². The van der Waals surface area contributed by atoms with Gasteiger partial charge in [0.15, 0.2) is 0 Å². The molecule has 0 bridgehead atoms. The van der Waals surface area contributed by atoms with Gasteiger partial charge in [-0.05, 0) is 59.8 Å². The molecule has 2 rings (SSSR count). The molecule has 1 aromatic carbocycles. The molecule has 0 aromatic heterocycles. The van der Waals surface area contributed by atoms with E-state index in [-0.39, 0.29) is 5.54 Å². The van der Waals surface area contributed by atoms with E-state index in [1.165, 1.54) is 0 Å². The Morgan fingerprint density at radius 2 is 2.16 bits per heavy atom. The van der Waals surface area contributed by atoms with Crippen molar-refractivity contribution in [2.75, 3.05) is 19.0 Å². The summed E-state index contributed by atoms with van der Waals surface area (Å²) < 4.78 is 6.32. The Hall–Kier alpha value is -0.290. The van der Waals surface area contributed by atoms with E-state index in [9.17, 15) is 0 Å². The van der Waals surface area contributed by atoms with Crippen molar-refractivity contribution in [3.63, 3.8) is 0 Å². The maximum absolute atomic E-state index is 6.01. The summed E-state index contributed by atoms with van der Waals surface area (Å²) in [7, 11) is 1.78. The Labute approximate surface area is 128 Å². The van der Waals surface area contributed by atoms with Crippen molar-refractivity contribution in [1.82, 2.24) is 0 Å². The number of methoxy groups -OCH3 is 1. The zero-order chi connectivity index (χ0) is 13.9. The van der Waals surface area contributed by atoms with Crippen molar-refractivity contribution >= 4 is 33.2 Å². The Morgan fingerprint density at radius 3 is 2.68 bits per heavy atom. The third-order valence-corrected chi connectivity index (χ3v) is 5.16. The summed E-state index contributed by atoms with van der Waals surface area (Å²) >= 11 is 9.46. The second-order valence-corrected chi connectivity index (χ2v) is 6.43. The highest BCUT2D eigenvalue weighted by Gasteiger charge is 2.34. The molecular weight excluding hydrogens is 328 g/mol. The summed E-state index contributed by atoms with van der Waals surface area (Å²) in [6.45, 7) is 0.629. The van der Waals surface area contributed by atoms with Crippen LogP contribution in [0.25, 0.3) is 0 Å². The van der Waals surface area contributed by atoms with Crippen molar-refractivity contribution in [2.24, 2.45) is 5.73 Å². The van der Waals surface area contributed by atoms with Gasteiger partial charge >= 0.3 is 0 Å². The van der Waals surface area contributed by atoms with Gasteiger partial charge in [-0.2, -0.15) is 0 Å². The molecule has 1 saturated carbocycles. The summed E-state index contributed by atoms with van der Waals surface area (Å²) in [6.07, 6.45) is 4.54. The monoisotopic (exact) mass is 346 g/mol. The Balaban J connectivity index is 2.08. The first-order chi connectivity index (χ1) is 9.08. The van der Waals surface area contributed by atoms with Crippen LogP contribution in [0.3, 0.4) is 0 Å². The lowest BCUT2D eigenvalue weighted by Gasteiger charge is -2.40. The van der Waals surface area contributed by atoms with Crippen LogP contribution >= 0.6 is 27.5 Å². The van der Waals surface area contributed by atoms with E-state index in [2.05, 4.69) is 21.2 Å². The van der Waals surface area contributed by atoms with Gasteiger partial charge in [0, 0.05) is 29.4 Å². The molecule has 1 fully saturated rings. The van der Waals surface area contributed by atoms with Crippen LogP contribution in [0, 0.1) is 0 Å². The number of halogens is 2. The number of benzene rings is 1. The van der Waals surface area contributed by atoms with Crippen molar-refractivity contribution in [3.05, 3.63) is 27.7 Å². The van der Waals surface area contributed by atoms with E-state index in [0.717, 1.165) is 40.9 Å². The van der Waals surface area contributed by atoms with Gasteiger partial charge in [0.05, 0.1) is 11.1 Å². The van der Waals surface area contributed by atoms with Crippen molar-refractivity contribution in [3.8, 4) is 0 Å². The van der Waals surface area contributed by atoms with Crippen LogP contribution in [0.2, 0.25) is 5.02 Å². The van der Waals surface area contributed by atoms with Gasteiger partial charge in [0.2, 0.25) is 0 Å². The average molecular weight is 348 g/mol. The predicted molar refractivity (Wildman–Crippen MR) is 83.8 cm³/mol. The molecule has 3 N–H and O–H groups in total. The van der Waals surface area contributed by atoms with E-state index in [0.29, 0.717) is 12.6 Å². The van der Waals surface area contributed by atoms with Gasteiger partial charge in [-0.15, -0.1) is 0 Å². The predicted octanol–water partition coefficient (Wildman–Crippen LogP) is 3.80. The molecule has 0 amide bonds. The second kappa shape index (κ2) is 6.44. The Morgan fingerprint density at radius 1 is 1.47 bits per heavy atom. The molecule has 0 atom stereocenters. The zero-order valence-electron chi connectivity index (χ0n) is 11.1. The van der Waals surface area contributed by atoms with Gasteiger partial charge in [0.1, 0.15) is 0 Å². The molecule has 1 aliphatic carbocycles. The number of ether oxygens (including phenoxy) is 1. The largest absolute Gasteiger partial charge is 0.381 e. The van der Waals surface area contributed by atoms with E-state index < -0.39 is 0 Å². The number of hydrogen-bond acceptors (Lipinski definition) is 3. The summed E-state index contributed by atoms with van der Waals surface area (Å²) in [4.78, 5) is 0. The number of anilines is 1. The lowest BCUT2D eigenvalue weighted by atomic mass is 9.80. The maximum atomic E-state index is 6.01. The molecule has 19 heavy (non-hydrogen) atoms. The van der Waals surface area contributed by atoms with Crippen LogP contribution < -0.4 is 11.1 Å². The summed E-state index contributed by atoms with van der Waals surface area (Å²) in [5.41, 5.74) is 7.03. The van der Waals surface area contributed by atoms with Crippen LogP contribution in [-0.2, 0) is 4.74 Å². The molecule has 5 heteroatoms. The normalized spacial score (nSPS) is 27.3. The van der Waals surface area contributed by atoms with Crippen molar-refractivity contribution in [1.29, 1.82) is 0 Å². The van der Waals surface area contributed by atoms with E-state index in [1.54, 1.807) is 7.11 Å². The van der Waals surface area contributed by atoms with E-state index >= 15 is 0 Å². The minimum Gasteiger partial charge on any atom is -0.381 e. The Bertz CT molecular complexity index is 433. The molecule has 3 nitrogen and oxygen atoms in total. The highest BCUT2D eigenvalue weighted by Crippen LogP contribution is 2.34. The molecule has 0 spiro atoms. The van der Waals surface area contributed by atoms with Gasteiger partial charge in [0.25, 0.3) is 0 Å². The molecule has 1 aromatic rings. The SMILES string of the molecule is COC1CCC(CN)(Nc2ccc(Cl)c(Br)c2)CC1. The minimum atomic E-state index is -0.0255. The molecule has 0 saturated heterocycles. The van der Waals surface area contributed by atoms with Gasteiger partial charge < -0.3 is 15.8 Å². The van der Waals surface area contributed by atoms with E-state index in [1.807, 2.05) is 18.2 Å². The van der Waals surface area contributed by atoms with Crippen LogP contribution in [0.15, 0.2) is 22.7 Å². The number of rotatable bonds is 4. The third kappa shape index (κ3) is 3.63. The Kier molecular flexibility index (Phi) is 5.12. The summed E-state index contributed by atoms with van der Waals surface area (Å²) in [5.74, 6) is 0. The number of nitrogens with two attached hydrogens (primary N) is 1. The zero-order valence-corrected chi connectivity index (χ0v) is 13.4. The maximum Gasteiger partial charge on any atom is 0.0573 e. The standard InChI is InChI=1S/C14H20BrClN2O/c1-19-11-4-6-14(9-17,7-5-11)18-10-2-3-13(16)12(15)8-10/h2-3,8,11,18H,4-7,9,17H2,1H3. The lowest BCUT2D eigenvalue weighted by molar-refractivity contribution is 0.0550. The first-order valence-electron chi connectivity index (χ1n) is 6.55. The molecule has 0 radical (unpaired) electrons. The summed E-state index contributed by atoms with van der Waals surface area (Å²) in [6, 6.07) is 5.88. The smallest absolute Gasteiger partial charge is 0.0573 e. The first-order valence-corrected chi connectivity index (χ1v) is 7.72. The van der Waals surface area contributed by atoms with Gasteiger partial charge in [-0.1, -0.05) is 11.6 Å². The molecular formula is C14H20BrClN2O. The van der Waals surface area contributed by atoms with Crippen molar-refractivity contribution in [2.45, 2.75) is 37.3 Å². The lowest BCUT2D eigenvalue weighted by Crippen LogP contribution is -2.49. The van der Waals surface area contributed by atoms with Crippen LogP contribution in [0.4, 0.5) is 5.69 Å². The van der Waals surface area contributed by atoms with Gasteiger partial charge in [-0.3, -0.25) is 0 Å². The number of nitrogens with one attached hydrogen (secondary N) is 1. The average Bonchev–Trinajstić information content (AvgIpc) is 2.44. The molecule has 106 valence electrons. The number of hydrogen-bond donors (Lipinski definition) is 2. The molecule has 0 unspecified atom stereocenters. The fourth-order valence-corrected chi connectivity index (χ4v) is 3.14. The molecule has 0 heterocycles. The van der Waals surface area contributed by atoms with Crippen LogP contribution in [0.5, 0.6) is 0 Å². The van der Waals surface area contributed by atoms with Crippen LogP contribution in [0.1, 0.15) is 25.7 Å². The second-order valence-electron chi connectivity index (χ2n) is 5.17.